The first-order valence-corrected chi connectivity index (χ1v) is 5.79. The van der Waals surface area contributed by atoms with Crippen molar-refractivity contribution in [2.75, 3.05) is 0 Å². The fourth-order valence-electron chi connectivity index (χ4n) is 2.56. The highest BCUT2D eigenvalue weighted by molar-refractivity contribution is 5.94. The Morgan fingerprint density at radius 1 is 1.06 bits per heavy atom. The van der Waals surface area contributed by atoms with Crippen LogP contribution in [0.25, 0.3) is 10.8 Å². The topological polar surface area (TPSA) is 40.5 Å². The number of phenolic OH excluding ortho intramolecular Hbond substituents is 2. The predicted molar refractivity (Wildman–Crippen MR) is 68.6 cm³/mol. The predicted octanol–water partition coefficient (Wildman–Crippen LogP) is 3.21. The zero-order valence-corrected chi connectivity index (χ0v) is 9.70. The minimum absolute atomic E-state index is 0.235. The third-order valence-electron chi connectivity index (χ3n) is 3.54. The highest BCUT2D eigenvalue weighted by Gasteiger charge is 2.16. The SMILES string of the molecule is Cc1c(O)ccc2cc3c(c(O)c12)CC=CC3. The largest absolute Gasteiger partial charge is 0.508 e. The van der Waals surface area contributed by atoms with Crippen LogP contribution in [-0.2, 0) is 12.8 Å². The fourth-order valence-corrected chi connectivity index (χ4v) is 2.56. The van der Waals surface area contributed by atoms with Crippen molar-refractivity contribution in [2.45, 2.75) is 19.8 Å². The van der Waals surface area contributed by atoms with E-state index in [1.165, 1.54) is 5.56 Å². The van der Waals surface area contributed by atoms with Crippen LogP contribution < -0.4 is 0 Å². The molecule has 0 aromatic heterocycles. The van der Waals surface area contributed by atoms with Gasteiger partial charge in [0.25, 0.3) is 0 Å². The summed E-state index contributed by atoms with van der Waals surface area (Å²) in [6.45, 7) is 1.84. The van der Waals surface area contributed by atoms with Gasteiger partial charge in [0.2, 0.25) is 0 Å². The summed E-state index contributed by atoms with van der Waals surface area (Å²) in [5.74, 6) is 0.564. The van der Waals surface area contributed by atoms with E-state index in [4.69, 9.17) is 0 Å². The molecular weight excluding hydrogens is 212 g/mol. The molecule has 0 amide bonds. The lowest BCUT2D eigenvalue weighted by molar-refractivity contribution is 0.466. The van der Waals surface area contributed by atoms with Gasteiger partial charge in [-0.3, -0.25) is 0 Å². The molecule has 0 bridgehead atoms. The maximum Gasteiger partial charge on any atom is 0.127 e. The zero-order valence-electron chi connectivity index (χ0n) is 9.70. The quantitative estimate of drug-likeness (QED) is 0.677. The van der Waals surface area contributed by atoms with Crippen LogP contribution in [0.2, 0.25) is 0 Å². The summed E-state index contributed by atoms with van der Waals surface area (Å²) < 4.78 is 0. The van der Waals surface area contributed by atoms with E-state index < -0.39 is 0 Å². The molecule has 86 valence electrons. The van der Waals surface area contributed by atoms with E-state index >= 15 is 0 Å². The van der Waals surface area contributed by atoms with Crippen LogP contribution in [0.3, 0.4) is 0 Å². The second-order valence-corrected chi connectivity index (χ2v) is 4.55. The summed E-state index contributed by atoms with van der Waals surface area (Å²) in [4.78, 5) is 0. The lowest BCUT2D eigenvalue weighted by atomic mass is 9.90. The van der Waals surface area contributed by atoms with E-state index in [9.17, 15) is 10.2 Å². The van der Waals surface area contributed by atoms with Gasteiger partial charge in [0.1, 0.15) is 11.5 Å². The normalized spacial score (nSPS) is 13.9. The number of benzene rings is 2. The molecular formula is C15H14O2. The third-order valence-corrected chi connectivity index (χ3v) is 3.54. The summed E-state index contributed by atoms with van der Waals surface area (Å²) in [5, 5.41) is 21.8. The molecule has 0 saturated heterocycles. The van der Waals surface area contributed by atoms with E-state index in [2.05, 4.69) is 18.2 Å². The summed E-state index contributed by atoms with van der Waals surface area (Å²) >= 11 is 0. The molecule has 2 aromatic carbocycles. The van der Waals surface area contributed by atoms with E-state index in [1.807, 2.05) is 13.0 Å². The van der Waals surface area contributed by atoms with Gasteiger partial charge in [0.05, 0.1) is 0 Å². The number of fused-ring (bicyclic) bond motifs is 2. The summed E-state index contributed by atoms with van der Waals surface area (Å²) in [6, 6.07) is 5.65. The second-order valence-electron chi connectivity index (χ2n) is 4.55. The van der Waals surface area contributed by atoms with Crippen LogP contribution in [0.5, 0.6) is 11.5 Å². The molecule has 17 heavy (non-hydrogen) atoms. The molecule has 1 aliphatic rings. The fraction of sp³-hybridized carbons (Fsp3) is 0.200. The Morgan fingerprint density at radius 2 is 1.82 bits per heavy atom. The first-order valence-electron chi connectivity index (χ1n) is 5.79. The van der Waals surface area contributed by atoms with Gasteiger partial charge in [0.15, 0.2) is 0 Å². The summed E-state index contributed by atoms with van der Waals surface area (Å²) in [7, 11) is 0. The molecule has 3 rings (SSSR count). The van der Waals surface area contributed by atoms with Crippen molar-refractivity contribution in [3.05, 3.63) is 47.0 Å². The minimum atomic E-state index is 0.235. The Kier molecular flexibility index (Phi) is 2.11. The standard InChI is InChI=1S/C15H14O2/c1-9-13(16)7-6-11-8-10-4-2-3-5-12(10)15(17)14(9)11/h2-3,6-8,16-17H,4-5H2,1H3. The number of phenols is 2. The average Bonchev–Trinajstić information content (AvgIpc) is 2.34. The van der Waals surface area contributed by atoms with Crippen LogP contribution in [0.1, 0.15) is 16.7 Å². The molecule has 0 aliphatic heterocycles. The Morgan fingerprint density at radius 3 is 2.65 bits per heavy atom. The van der Waals surface area contributed by atoms with Gasteiger partial charge < -0.3 is 10.2 Å². The van der Waals surface area contributed by atoms with Gasteiger partial charge in [-0.25, -0.2) is 0 Å². The maximum absolute atomic E-state index is 10.4. The molecule has 0 atom stereocenters. The molecule has 2 N–H and O–H groups in total. The van der Waals surface area contributed by atoms with Crippen molar-refractivity contribution in [1.82, 2.24) is 0 Å². The Labute approximate surface area is 99.8 Å². The molecule has 0 spiro atoms. The summed E-state index contributed by atoms with van der Waals surface area (Å²) in [5.41, 5.74) is 2.92. The highest BCUT2D eigenvalue weighted by Crippen LogP contribution is 2.38. The third kappa shape index (κ3) is 1.41. The Bertz CT molecular complexity index is 639. The summed E-state index contributed by atoms with van der Waals surface area (Å²) in [6.07, 6.45) is 5.85. The molecule has 0 radical (unpaired) electrons. The number of hydrogen-bond acceptors (Lipinski definition) is 2. The van der Waals surface area contributed by atoms with Gasteiger partial charge in [-0.15, -0.1) is 0 Å². The Balaban J connectivity index is 2.43. The molecule has 2 heteroatoms. The number of aryl methyl sites for hydroxylation is 1. The van der Waals surface area contributed by atoms with Gasteiger partial charge in [-0.05, 0) is 36.8 Å². The number of rotatable bonds is 0. The van der Waals surface area contributed by atoms with E-state index in [0.717, 1.165) is 34.7 Å². The van der Waals surface area contributed by atoms with Crippen molar-refractivity contribution >= 4 is 10.8 Å². The Hall–Kier alpha value is -1.96. The number of hydrogen-bond donors (Lipinski definition) is 2. The smallest absolute Gasteiger partial charge is 0.127 e. The highest BCUT2D eigenvalue weighted by atomic mass is 16.3. The van der Waals surface area contributed by atoms with Crippen LogP contribution in [0.15, 0.2) is 30.4 Å². The molecule has 0 unspecified atom stereocenters. The molecule has 0 heterocycles. The van der Waals surface area contributed by atoms with Crippen molar-refractivity contribution in [1.29, 1.82) is 0 Å². The second kappa shape index (κ2) is 3.52. The van der Waals surface area contributed by atoms with Gasteiger partial charge in [-0.1, -0.05) is 24.3 Å². The monoisotopic (exact) mass is 226 g/mol. The first kappa shape index (κ1) is 10.2. The van der Waals surface area contributed by atoms with Gasteiger partial charge in [-0.2, -0.15) is 0 Å². The van der Waals surface area contributed by atoms with Crippen LogP contribution in [-0.4, -0.2) is 10.2 Å². The number of aromatic hydroxyl groups is 2. The van der Waals surface area contributed by atoms with E-state index in [-0.39, 0.29) is 5.75 Å². The average molecular weight is 226 g/mol. The van der Waals surface area contributed by atoms with Crippen molar-refractivity contribution in [2.24, 2.45) is 0 Å². The number of allylic oxidation sites excluding steroid dienone is 2. The van der Waals surface area contributed by atoms with Crippen LogP contribution >= 0.6 is 0 Å². The van der Waals surface area contributed by atoms with E-state index in [1.54, 1.807) is 6.07 Å². The molecule has 0 saturated carbocycles. The molecule has 2 nitrogen and oxygen atoms in total. The minimum Gasteiger partial charge on any atom is -0.508 e. The van der Waals surface area contributed by atoms with Crippen LogP contribution in [0.4, 0.5) is 0 Å². The zero-order chi connectivity index (χ0) is 12.0. The van der Waals surface area contributed by atoms with Crippen molar-refractivity contribution in [3.8, 4) is 11.5 Å². The van der Waals surface area contributed by atoms with Gasteiger partial charge in [0, 0.05) is 16.5 Å². The lowest BCUT2D eigenvalue weighted by Crippen LogP contribution is -1.99. The van der Waals surface area contributed by atoms with Gasteiger partial charge >= 0.3 is 0 Å². The maximum atomic E-state index is 10.4. The van der Waals surface area contributed by atoms with Crippen molar-refractivity contribution < 1.29 is 10.2 Å². The van der Waals surface area contributed by atoms with Crippen LogP contribution in [0, 0.1) is 6.92 Å². The lowest BCUT2D eigenvalue weighted by Gasteiger charge is -2.16. The molecule has 0 fully saturated rings. The molecule has 1 aliphatic carbocycles. The molecule has 2 aromatic rings. The first-order chi connectivity index (χ1) is 8.18. The van der Waals surface area contributed by atoms with Crippen molar-refractivity contribution in [3.63, 3.8) is 0 Å². The van der Waals surface area contributed by atoms with E-state index in [0.29, 0.717) is 5.75 Å².